The normalized spacial score (nSPS) is 12.5. The minimum absolute atomic E-state index is 0.0828. The molecule has 0 aromatic carbocycles. The summed E-state index contributed by atoms with van der Waals surface area (Å²) in [7, 11) is 0. The Morgan fingerprint density at radius 2 is 0.554 bits per heavy atom. The van der Waals surface area contributed by atoms with Gasteiger partial charge in [-0.3, -0.25) is 14.4 Å². The van der Waals surface area contributed by atoms with Gasteiger partial charge in [-0.1, -0.05) is 273 Å². The summed E-state index contributed by atoms with van der Waals surface area (Å²) in [6.45, 7) is 6.46. The predicted octanol–water partition coefficient (Wildman–Crippen LogP) is 21.7. The first-order valence-electron chi connectivity index (χ1n) is 31.9. The number of carbonyl (C=O) groups excluding carboxylic acids is 3. The number of esters is 3. The SMILES string of the molecule is CC/C=C\C/C=C\C/C=C\CCCCCCCC(=O)OC(COC(=O)CCCCCCC/C=C\CCC)COC(=O)CCCCCCCCCCCCCCCCCCCCC/C=C\C/C=C\CCCCCCC. The lowest BCUT2D eigenvalue weighted by Gasteiger charge is -2.18. The van der Waals surface area contributed by atoms with E-state index in [0.717, 1.165) is 116 Å². The average molecular weight is 1030 g/mol. The average Bonchev–Trinajstić information content (AvgIpc) is 3.40. The van der Waals surface area contributed by atoms with Crippen LogP contribution in [0.4, 0.5) is 0 Å². The van der Waals surface area contributed by atoms with Crippen LogP contribution in [0.2, 0.25) is 0 Å². The van der Waals surface area contributed by atoms with Crippen LogP contribution in [0.15, 0.2) is 72.9 Å². The van der Waals surface area contributed by atoms with E-state index in [0.29, 0.717) is 19.3 Å². The maximum Gasteiger partial charge on any atom is 0.306 e. The van der Waals surface area contributed by atoms with E-state index >= 15 is 0 Å². The number of carbonyl (C=O) groups is 3. The van der Waals surface area contributed by atoms with Crippen molar-refractivity contribution in [2.24, 2.45) is 0 Å². The summed E-state index contributed by atoms with van der Waals surface area (Å²) in [5.74, 6) is -0.900. The lowest BCUT2D eigenvalue weighted by molar-refractivity contribution is -0.167. The third-order valence-electron chi connectivity index (χ3n) is 13.9. The first kappa shape index (κ1) is 70.8. The molecule has 0 bridgehead atoms. The molecule has 0 amide bonds. The fraction of sp³-hybridized carbons (Fsp3) is 0.779. The quantitative estimate of drug-likeness (QED) is 0.0261. The molecule has 6 heteroatoms. The van der Waals surface area contributed by atoms with E-state index in [2.05, 4.69) is 93.7 Å². The fourth-order valence-electron chi connectivity index (χ4n) is 9.14. The number of allylic oxidation sites excluding steroid dienone is 12. The van der Waals surface area contributed by atoms with Gasteiger partial charge in [-0.25, -0.2) is 0 Å². The lowest BCUT2D eigenvalue weighted by Crippen LogP contribution is -2.30. The summed E-state index contributed by atoms with van der Waals surface area (Å²) >= 11 is 0. The Kier molecular flexibility index (Phi) is 59.7. The zero-order valence-corrected chi connectivity index (χ0v) is 49.1. The standard InChI is InChI=1S/C68H120O6/c1-4-7-10-13-16-19-22-24-26-27-28-29-30-31-32-33-34-35-36-37-38-39-40-41-43-44-46-49-52-55-58-61-67(70)73-64-65(63-72-66(69)60-57-54-51-48-21-18-15-12-9-6-3)74-68(71)62-59-56-53-50-47-45-42-25-23-20-17-14-11-8-5-2/h8,11-12,15,17,20,22,24-25,27-28,42,65H,4-7,9-10,13-14,16,18-19,21,23,26,29-41,43-64H2,1-3H3/b11-8-,15-12-,20-17-,24-22-,28-27-,42-25-. The molecule has 6 nitrogen and oxygen atoms in total. The molecule has 428 valence electrons. The van der Waals surface area contributed by atoms with Crippen molar-refractivity contribution in [3.8, 4) is 0 Å². The maximum atomic E-state index is 12.8. The first-order valence-corrected chi connectivity index (χ1v) is 31.9. The second-order valence-corrected chi connectivity index (χ2v) is 21.3. The van der Waals surface area contributed by atoms with E-state index in [-0.39, 0.29) is 31.1 Å². The lowest BCUT2D eigenvalue weighted by atomic mass is 10.0. The van der Waals surface area contributed by atoms with Gasteiger partial charge in [0.15, 0.2) is 6.10 Å². The van der Waals surface area contributed by atoms with E-state index in [1.54, 1.807) is 0 Å². The molecule has 0 heterocycles. The van der Waals surface area contributed by atoms with Crippen molar-refractivity contribution in [3.05, 3.63) is 72.9 Å². The van der Waals surface area contributed by atoms with Gasteiger partial charge >= 0.3 is 17.9 Å². The Balaban J connectivity index is 4.10. The number of unbranched alkanes of at least 4 members (excludes halogenated alkanes) is 35. The molecule has 0 fully saturated rings. The summed E-state index contributed by atoms with van der Waals surface area (Å²) in [6, 6.07) is 0. The van der Waals surface area contributed by atoms with Gasteiger partial charge in [0.05, 0.1) is 0 Å². The molecule has 0 aliphatic carbocycles. The second kappa shape index (κ2) is 62.4. The van der Waals surface area contributed by atoms with E-state index < -0.39 is 6.10 Å². The molecule has 0 aliphatic rings. The van der Waals surface area contributed by atoms with Gasteiger partial charge in [0, 0.05) is 19.3 Å². The van der Waals surface area contributed by atoms with Gasteiger partial charge in [0.25, 0.3) is 0 Å². The Morgan fingerprint density at radius 3 is 0.892 bits per heavy atom. The van der Waals surface area contributed by atoms with Gasteiger partial charge in [-0.05, 0) is 103 Å². The van der Waals surface area contributed by atoms with Gasteiger partial charge in [0.1, 0.15) is 13.2 Å². The third-order valence-corrected chi connectivity index (χ3v) is 13.9. The van der Waals surface area contributed by atoms with Crippen LogP contribution in [0.1, 0.15) is 323 Å². The topological polar surface area (TPSA) is 78.9 Å². The number of hydrogen-bond acceptors (Lipinski definition) is 6. The summed E-state index contributed by atoms with van der Waals surface area (Å²) in [5, 5.41) is 0. The van der Waals surface area contributed by atoms with E-state index in [9.17, 15) is 14.4 Å². The summed E-state index contributed by atoms with van der Waals surface area (Å²) in [6.07, 6.45) is 80.8. The van der Waals surface area contributed by atoms with Crippen molar-refractivity contribution >= 4 is 17.9 Å². The van der Waals surface area contributed by atoms with Crippen molar-refractivity contribution in [3.63, 3.8) is 0 Å². The summed E-state index contributed by atoms with van der Waals surface area (Å²) in [4.78, 5) is 38.1. The molecule has 0 aromatic rings. The van der Waals surface area contributed by atoms with Crippen molar-refractivity contribution in [1.82, 2.24) is 0 Å². The molecular weight excluding hydrogens is 913 g/mol. The highest BCUT2D eigenvalue weighted by molar-refractivity contribution is 5.71. The molecule has 0 rings (SSSR count). The Morgan fingerprint density at radius 1 is 0.284 bits per heavy atom. The Labute approximate surface area is 459 Å². The largest absolute Gasteiger partial charge is 0.462 e. The highest BCUT2D eigenvalue weighted by Crippen LogP contribution is 2.17. The maximum absolute atomic E-state index is 12.8. The molecule has 0 spiro atoms. The van der Waals surface area contributed by atoms with Crippen LogP contribution in [-0.4, -0.2) is 37.2 Å². The van der Waals surface area contributed by atoms with E-state index in [1.165, 1.54) is 167 Å². The molecule has 0 N–H and O–H groups in total. The van der Waals surface area contributed by atoms with Gasteiger partial charge < -0.3 is 14.2 Å². The van der Waals surface area contributed by atoms with Crippen LogP contribution < -0.4 is 0 Å². The first-order chi connectivity index (χ1) is 36.5. The fourth-order valence-corrected chi connectivity index (χ4v) is 9.14. The van der Waals surface area contributed by atoms with E-state index in [4.69, 9.17) is 14.2 Å². The molecule has 0 saturated carbocycles. The third kappa shape index (κ3) is 59.7. The molecule has 1 atom stereocenters. The van der Waals surface area contributed by atoms with Crippen LogP contribution in [0.25, 0.3) is 0 Å². The van der Waals surface area contributed by atoms with Crippen LogP contribution in [0.3, 0.4) is 0 Å². The molecular formula is C68H120O6. The summed E-state index contributed by atoms with van der Waals surface area (Å²) in [5.41, 5.74) is 0. The minimum atomic E-state index is -0.786. The van der Waals surface area contributed by atoms with Crippen molar-refractivity contribution in [1.29, 1.82) is 0 Å². The number of hydrogen-bond donors (Lipinski definition) is 0. The second-order valence-electron chi connectivity index (χ2n) is 21.3. The van der Waals surface area contributed by atoms with Gasteiger partial charge in [-0.15, -0.1) is 0 Å². The molecule has 0 aliphatic heterocycles. The monoisotopic (exact) mass is 1030 g/mol. The van der Waals surface area contributed by atoms with Gasteiger partial charge in [0.2, 0.25) is 0 Å². The van der Waals surface area contributed by atoms with Crippen molar-refractivity contribution < 1.29 is 28.6 Å². The predicted molar refractivity (Wildman–Crippen MR) is 321 cm³/mol. The number of rotatable bonds is 58. The van der Waals surface area contributed by atoms with E-state index in [1.807, 2.05) is 0 Å². The smallest absolute Gasteiger partial charge is 0.306 e. The van der Waals surface area contributed by atoms with Crippen LogP contribution in [-0.2, 0) is 28.6 Å². The zero-order valence-electron chi connectivity index (χ0n) is 49.1. The molecule has 0 aromatic heterocycles. The highest BCUT2D eigenvalue weighted by Gasteiger charge is 2.19. The zero-order chi connectivity index (χ0) is 53.6. The van der Waals surface area contributed by atoms with Crippen LogP contribution >= 0.6 is 0 Å². The van der Waals surface area contributed by atoms with Crippen LogP contribution in [0, 0.1) is 0 Å². The van der Waals surface area contributed by atoms with Crippen molar-refractivity contribution in [2.75, 3.05) is 13.2 Å². The van der Waals surface area contributed by atoms with Crippen molar-refractivity contribution in [2.45, 2.75) is 329 Å². The number of ether oxygens (including phenoxy) is 3. The molecule has 0 radical (unpaired) electrons. The summed E-state index contributed by atoms with van der Waals surface area (Å²) < 4.78 is 16.8. The molecule has 74 heavy (non-hydrogen) atoms. The molecule has 0 saturated heterocycles. The van der Waals surface area contributed by atoms with Gasteiger partial charge in [-0.2, -0.15) is 0 Å². The van der Waals surface area contributed by atoms with Crippen LogP contribution in [0.5, 0.6) is 0 Å². The minimum Gasteiger partial charge on any atom is -0.462 e. The molecule has 1 unspecified atom stereocenters. The highest BCUT2D eigenvalue weighted by atomic mass is 16.6. The Bertz CT molecular complexity index is 1370. The Hall–Kier alpha value is -3.15.